The molecule has 0 radical (unpaired) electrons. The third-order valence-corrected chi connectivity index (χ3v) is 3.41. The van der Waals surface area contributed by atoms with Gasteiger partial charge in [0.2, 0.25) is 5.91 Å². The van der Waals surface area contributed by atoms with Crippen molar-refractivity contribution in [1.29, 1.82) is 0 Å². The summed E-state index contributed by atoms with van der Waals surface area (Å²) >= 11 is 0. The monoisotopic (exact) mass is 228 g/mol. The molecule has 0 aliphatic carbocycles. The Hall–Kier alpha value is -0.650. The number of aliphatic hydroxyl groups is 1. The number of hydrogen-bond acceptors (Lipinski definition) is 4. The van der Waals surface area contributed by atoms with E-state index in [-0.39, 0.29) is 24.5 Å². The lowest BCUT2D eigenvalue weighted by atomic mass is 9.95. The van der Waals surface area contributed by atoms with E-state index in [2.05, 4.69) is 5.32 Å². The number of aliphatic hydroxyl groups excluding tert-OH is 1. The van der Waals surface area contributed by atoms with E-state index < -0.39 is 0 Å². The van der Waals surface area contributed by atoms with Gasteiger partial charge in [-0.05, 0) is 25.9 Å². The first kappa shape index (κ1) is 11.8. The van der Waals surface area contributed by atoms with E-state index in [1.807, 2.05) is 0 Å². The third-order valence-electron chi connectivity index (χ3n) is 3.41. The van der Waals surface area contributed by atoms with Gasteiger partial charge >= 0.3 is 0 Å². The summed E-state index contributed by atoms with van der Waals surface area (Å²) in [6, 6.07) is -0.142. The molecular formula is C11H20N2O3. The summed E-state index contributed by atoms with van der Waals surface area (Å²) in [4.78, 5) is 14.1. The second kappa shape index (κ2) is 5.61. The van der Waals surface area contributed by atoms with Crippen LogP contribution in [0, 0.1) is 5.92 Å². The first-order valence-corrected chi connectivity index (χ1v) is 6.02. The fourth-order valence-corrected chi connectivity index (χ4v) is 2.40. The number of nitrogens with one attached hydrogen (secondary N) is 1. The zero-order chi connectivity index (χ0) is 11.4. The van der Waals surface area contributed by atoms with E-state index in [0.29, 0.717) is 19.8 Å². The molecule has 2 fully saturated rings. The lowest BCUT2D eigenvalue weighted by Gasteiger charge is -2.37. The smallest absolute Gasteiger partial charge is 0.226 e. The molecule has 92 valence electrons. The Bertz CT molecular complexity index is 241. The van der Waals surface area contributed by atoms with Crippen molar-refractivity contribution < 1.29 is 14.6 Å². The Morgan fingerprint density at radius 2 is 2.19 bits per heavy atom. The Labute approximate surface area is 95.8 Å². The first-order valence-electron chi connectivity index (χ1n) is 6.02. The lowest BCUT2D eigenvalue weighted by molar-refractivity contribution is -0.146. The Morgan fingerprint density at radius 1 is 1.44 bits per heavy atom. The molecule has 2 aliphatic rings. The topological polar surface area (TPSA) is 61.8 Å². The van der Waals surface area contributed by atoms with Crippen LogP contribution in [0.5, 0.6) is 0 Å². The van der Waals surface area contributed by atoms with Crippen molar-refractivity contribution in [3.05, 3.63) is 0 Å². The highest BCUT2D eigenvalue weighted by Crippen LogP contribution is 2.18. The van der Waals surface area contributed by atoms with Crippen molar-refractivity contribution in [2.24, 2.45) is 5.92 Å². The highest BCUT2D eigenvalue weighted by Gasteiger charge is 2.32. The first-order chi connectivity index (χ1) is 7.83. The second-order valence-corrected chi connectivity index (χ2v) is 4.47. The summed E-state index contributed by atoms with van der Waals surface area (Å²) in [5, 5.41) is 12.5. The Kier molecular flexibility index (Phi) is 4.15. The molecule has 0 aromatic heterocycles. The van der Waals surface area contributed by atoms with Crippen LogP contribution in [0.15, 0.2) is 0 Å². The Balaban J connectivity index is 1.95. The molecule has 2 heterocycles. The largest absolute Gasteiger partial charge is 0.394 e. The van der Waals surface area contributed by atoms with Crippen molar-refractivity contribution in [2.45, 2.75) is 18.9 Å². The van der Waals surface area contributed by atoms with Crippen LogP contribution in [0.4, 0.5) is 0 Å². The predicted octanol–water partition coefficient (Wildman–Crippen LogP) is -0.794. The van der Waals surface area contributed by atoms with E-state index in [1.54, 1.807) is 4.90 Å². The molecule has 5 nitrogen and oxygen atoms in total. The summed E-state index contributed by atoms with van der Waals surface area (Å²) in [5.41, 5.74) is 0. The molecule has 1 amide bonds. The number of carbonyl (C=O) groups excluding carboxylic acids is 1. The maximum atomic E-state index is 12.3. The van der Waals surface area contributed by atoms with Crippen LogP contribution in [0.2, 0.25) is 0 Å². The summed E-state index contributed by atoms with van der Waals surface area (Å²) < 4.78 is 5.27. The molecule has 1 unspecified atom stereocenters. The minimum absolute atomic E-state index is 0.00326. The number of morpholine rings is 1. The minimum atomic E-state index is -0.142. The average molecular weight is 228 g/mol. The van der Waals surface area contributed by atoms with Gasteiger partial charge in [-0.2, -0.15) is 0 Å². The summed E-state index contributed by atoms with van der Waals surface area (Å²) in [5.74, 6) is 0.331. The summed E-state index contributed by atoms with van der Waals surface area (Å²) in [6.45, 7) is 3.51. The molecule has 1 atom stereocenters. The number of ether oxygens (including phenoxy) is 1. The highest BCUT2D eigenvalue weighted by atomic mass is 16.5. The van der Waals surface area contributed by atoms with Crippen LogP contribution >= 0.6 is 0 Å². The van der Waals surface area contributed by atoms with Gasteiger partial charge in [-0.15, -0.1) is 0 Å². The van der Waals surface area contributed by atoms with Crippen molar-refractivity contribution >= 4 is 5.91 Å². The van der Waals surface area contributed by atoms with E-state index in [4.69, 9.17) is 4.74 Å². The normalized spacial score (nSPS) is 28.1. The molecule has 2 N–H and O–H groups in total. The quantitative estimate of drug-likeness (QED) is 0.650. The van der Waals surface area contributed by atoms with Gasteiger partial charge in [-0.1, -0.05) is 0 Å². The molecule has 5 heteroatoms. The van der Waals surface area contributed by atoms with Gasteiger partial charge in [0.1, 0.15) is 0 Å². The number of hydrogen-bond donors (Lipinski definition) is 2. The van der Waals surface area contributed by atoms with E-state index in [0.717, 1.165) is 25.9 Å². The molecule has 0 spiro atoms. The SMILES string of the molecule is O=C(C1CCNCC1)N1CCOCC1CO. The van der Waals surface area contributed by atoms with Crippen LogP contribution in [-0.2, 0) is 9.53 Å². The zero-order valence-corrected chi connectivity index (χ0v) is 9.52. The van der Waals surface area contributed by atoms with Crippen molar-refractivity contribution in [3.63, 3.8) is 0 Å². The van der Waals surface area contributed by atoms with Crippen LogP contribution in [-0.4, -0.2) is 61.4 Å². The molecule has 2 saturated heterocycles. The van der Waals surface area contributed by atoms with Gasteiger partial charge in [-0.25, -0.2) is 0 Å². The summed E-state index contributed by atoms with van der Waals surface area (Å²) in [6.07, 6.45) is 1.82. The van der Waals surface area contributed by atoms with Gasteiger partial charge < -0.3 is 20.1 Å². The van der Waals surface area contributed by atoms with E-state index >= 15 is 0 Å². The number of amides is 1. The van der Waals surface area contributed by atoms with Gasteiger partial charge in [0.15, 0.2) is 0 Å². The lowest BCUT2D eigenvalue weighted by Crippen LogP contribution is -2.53. The molecular weight excluding hydrogens is 208 g/mol. The molecule has 0 saturated carbocycles. The fourth-order valence-electron chi connectivity index (χ4n) is 2.40. The number of piperidine rings is 1. The van der Waals surface area contributed by atoms with Crippen LogP contribution < -0.4 is 5.32 Å². The zero-order valence-electron chi connectivity index (χ0n) is 9.52. The van der Waals surface area contributed by atoms with E-state index in [9.17, 15) is 9.90 Å². The molecule has 2 rings (SSSR count). The van der Waals surface area contributed by atoms with E-state index in [1.165, 1.54) is 0 Å². The molecule has 16 heavy (non-hydrogen) atoms. The number of nitrogens with zero attached hydrogens (tertiary/aromatic N) is 1. The number of rotatable bonds is 2. The number of carbonyl (C=O) groups is 1. The van der Waals surface area contributed by atoms with Crippen LogP contribution in [0.25, 0.3) is 0 Å². The van der Waals surface area contributed by atoms with Gasteiger partial charge in [0.25, 0.3) is 0 Å². The van der Waals surface area contributed by atoms with Crippen molar-refractivity contribution in [2.75, 3.05) is 39.5 Å². The van der Waals surface area contributed by atoms with Crippen LogP contribution in [0.3, 0.4) is 0 Å². The Morgan fingerprint density at radius 3 is 2.88 bits per heavy atom. The second-order valence-electron chi connectivity index (χ2n) is 4.47. The van der Waals surface area contributed by atoms with Gasteiger partial charge in [0, 0.05) is 12.5 Å². The van der Waals surface area contributed by atoms with Crippen molar-refractivity contribution in [3.8, 4) is 0 Å². The van der Waals surface area contributed by atoms with Crippen molar-refractivity contribution in [1.82, 2.24) is 10.2 Å². The molecule has 0 aromatic rings. The molecule has 2 aliphatic heterocycles. The maximum absolute atomic E-state index is 12.3. The average Bonchev–Trinajstić information content (AvgIpc) is 2.39. The standard InChI is InChI=1S/C11H20N2O3/c14-7-10-8-16-6-5-13(10)11(15)9-1-3-12-4-2-9/h9-10,12,14H,1-8H2. The predicted molar refractivity (Wildman–Crippen MR) is 59.0 cm³/mol. The summed E-state index contributed by atoms with van der Waals surface area (Å²) in [7, 11) is 0. The fraction of sp³-hybridized carbons (Fsp3) is 0.909. The molecule has 0 aromatic carbocycles. The molecule has 0 bridgehead atoms. The third kappa shape index (κ3) is 2.53. The minimum Gasteiger partial charge on any atom is -0.394 e. The maximum Gasteiger partial charge on any atom is 0.226 e. The van der Waals surface area contributed by atoms with Gasteiger partial charge in [-0.3, -0.25) is 4.79 Å². The highest BCUT2D eigenvalue weighted by molar-refractivity contribution is 5.79. The van der Waals surface area contributed by atoms with Gasteiger partial charge in [0.05, 0.1) is 25.9 Å². The van der Waals surface area contributed by atoms with Crippen LogP contribution in [0.1, 0.15) is 12.8 Å².